The molecule has 2 aromatic carbocycles. The van der Waals surface area contributed by atoms with Crippen LogP contribution in [0.2, 0.25) is 0 Å². The Balaban J connectivity index is 1.25. The normalized spacial score (nSPS) is 18.2. The summed E-state index contributed by atoms with van der Waals surface area (Å²) in [6, 6.07) is 13.7. The number of anilines is 1. The summed E-state index contributed by atoms with van der Waals surface area (Å²) in [5.74, 6) is 2.37. The Hall–Kier alpha value is -2.45. The summed E-state index contributed by atoms with van der Waals surface area (Å²) in [6.07, 6.45) is 1.28. The van der Waals surface area contributed by atoms with E-state index in [0.717, 1.165) is 29.2 Å². The topological polar surface area (TPSA) is 68.3 Å². The van der Waals surface area contributed by atoms with Gasteiger partial charge in [0.05, 0.1) is 19.5 Å². The lowest BCUT2D eigenvalue weighted by Gasteiger charge is -2.35. The maximum atomic E-state index is 12.8. The second-order valence-electron chi connectivity index (χ2n) is 8.89. The summed E-state index contributed by atoms with van der Waals surface area (Å²) in [4.78, 5) is 2.20. The van der Waals surface area contributed by atoms with Crippen LogP contribution < -0.4 is 19.1 Å². The van der Waals surface area contributed by atoms with Gasteiger partial charge in [-0.3, -0.25) is 0 Å². The molecule has 2 aliphatic heterocycles. The number of rotatable bonds is 8. The van der Waals surface area contributed by atoms with Gasteiger partial charge in [-0.1, -0.05) is 12.1 Å². The molecule has 0 N–H and O–H groups in total. The first kappa shape index (κ1) is 22.7. The fourth-order valence-electron chi connectivity index (χ4n) is 4.27. The van der Waals surface area contributed by atoms with Gasteiger partial charge in [0.15, 0.2) is 11.5 Å². The number of hydrogen-bond donors (Lipinski definition) is 0. The van der Waals surface area contributed by atoms with Crippen LogP contribution in [-0.2, 0) is 16.4 Å². The van der Waals surface area contributed by atoms with Crippen molar-refractivity contribution in [3.63, 3.8) is 0 Å². The molecular formula is C24H32N2O5S. The van der Waals surface area contributed by atoms with Crippen molar-refractivity contribution in [2.75, 3.05) is 50.5 Å². The molecule has 0 aromatic heterocycles. The van der Waals surface area contributed by atoms with E-state index in [0.29, 0.717) is 45.0 Å². The average molecular weight is 461 g/mol. The molecule has 4 rings (SSSR count). The van der Waals surface area contributed by atoms with E-state index in [2.05, 4.69) is 18.7 Å². The van der Waals surface area contributed by atoms with Gasteiger partial charge in [0, 0.05) is 43.9 Å². The van der Waals surface area contributed by atoms with E-state index in [1.165, 1.54) is 0 Å². The summed E-state index contributed by atoms with van der Waals surface area (Å²) >= 11 is 0. The molecule has 1 fully saturated rings. The predicted octanol–water partition coefficient (Wildman–Crippen LogP) is 3.33. The van der Waals surface area contributed by atoms with Crippen LogP contribution in [0.5, 0.6) is 17.2 Å². The lowest BCUT2D eigenvalue weighted by Crippen LogP contribution is -2.49. The molecule has 2 heterocycles. The lowest BCUT2D eigenvalue weighted by atomic mass is 10.0. The van der Waals surface area contributed by atoms with E-state index in [1.807, 2.05) is 42.5 Å². The van der Waals surface area contributed by atoms with Gasteiger partial charge in [0.2, 0.25) is 10.0 Å². The molecule has 1 saturated heterocycles. The summed E-state index contributed by atoms with van der Waals surface area (Å²) in [5.41, 5.74) is 1.98. The Labute approximate surface area is 190 Å². The first-order chi connectivity index (χ1) is 15.3. The number of fused-ring (bicyclic) bond motifs is 1. The van der Waals surface area contributed by atoms with Crippen LogP contribution in [0.3, 0.4) is 0 Å². The molecule has 0 bridgehead atoms. The molecule has 0 aliphatic carbocycles. The fourth-order valence-corrected chi connectivity index (χ4v) is 5.73. The van der Waals surface area contributed by atoms with E-state index >= 15 is 0 Å². The van der Waals surface area contributed by atoms with Crippen molar-refractivity contribution >= 4 is 15.7 Å². The number of sulfonamides is 1. The van der Waals surface area contributed by atoms with Crippen molar-refractivity contribution in [3.8, 4) is 17.2 Å². The largest absolute Gasteiger partial charge is 0.497 e. The SMILES string of the molecule is COc1ccc(N2CCN(S(=O)(=O)CCCOc3cccc4c3OC(C)(C)C4)CC2)cc1. The van der Waals surface area contributed by atoms with E-state index in [-0.39, 0.29) is 11.4 Å². The van der Waals surface area contributed by atoms with Crippen molar-refractivity contribution in [2.45, 2.75) is 32.3 Å². The Bertz CT molecular complexity index is 1030. The van der Waals surface area contributed by atoms with Crippen LogP contribution in [0.4, 0.5) is 5.69 Å². The maximum absolute atomic E-state index is 12.8. The number of hydrogen-bond acceptors (Lipinski definition) is 6. The number of ether oxygens (including phenoxy) is 3. The number of methoxy groups -OCH3 is 1. The smallest absolute Gasteiger partial charge is 0.214 e. The van der Waals surface area contributed by atoms with Crippen LogP contribution in [0, 0.1) is 0 Å². The Morgan fingerprint density at radius 2 is 1.75 bits per heavy atom. The highest BCUT2D eigenvalue weighted by molar-refractivity contribution is 7.89. The Morgan fingerprint density at radius 1 is 1.03 bits per heavy atom. The molecule has 0 unspecified atom stereocenters. The molecule has 0 amide bonds. The zero-order valence-corrected chi connectivity index (χ0v) is 19.9. The molecule has 0 spiro atoms. The van der Waals surface area contributed by atoms with Crippen molar-refractivity contribution in [3.05, 3.63) is 48.0 Å². The molecule has 2 aliphatic rings. The highest BCUT2D eigenvalue weighted by Gasteiger charge is 2.32. The van der Waals surface area contributed by atoms with Crippen molar-refractivity contribution < 1.29 is 22.6 Å². The highest BCUT2D eigenvalue weighted by atomic mass is 32.2. The molecular weight excluding hydrogens is 428 g/mol. The quantitative estimate of drug-likeness (QED) is 0.563. The number of nitrogens with zero attached hydrogens (tertiary/aromatic N) is 2. The number of benzene rings is 2. The van der Waals surface area contributed by atoms with Gasteiger partial charge >= 0.3 is 0 Å². The van der Waals surface area contributed by atoms with E-state index in [4.69, 9.17) is 14.2 Å². The lowest BCUT2D eigenvalue weighted by molar-refractivity contribution is 0.132. The second kappa shape index (κ2) is 9.19. The average Bonchev–Trinajstić information content (AvgIpc) is 3.11. The summed E-state index contributed by atoms with van der Waals surface area (Å²) in [5, 5.41) is 0. The van der Waals surface area contributed by atoms with Crippen molar-refractivity contribution in [2.24, 2.45) is 0 Å². The summed E-state index contributed by atoms with van der Waals surface area (Å²) < 4.78 is 44.3. The molecule has 2 aromatic rings. The molecule has 8 heteroatoms. The van der Waals surface area contributed by atoms with Gasteiger partial charge in [-0.2, -0.15) is 4.31 Å². The van der Waals surface area contributed by atoms with Crippen molar-refractivity contribution in [1.82, 2.24) is 4.31 Å². The minimum absolute atomic E-state index is 0.0803. The predicted molar refractivity (Wildman–Crippen MR) is 126 cm³/mol. The standard InChI is InChI=1S/C24H32N2O5S/c1-24(2)18-19-6-4-7-22(23(19)31-24)30-16-5-17-32(27,28)26-14-12-25(13-15-26)20-8-10-21(29-3)11-9-20/h4,6-11H,5,12-18H2,1-3H3. The zero-order chi connectivity index (χ0) is 22.8. The third kappa shape index (κ3) is 5.13. The Kier molecular flexibility index (Phi) is 6.53. The van der Waals surface area contributed by atoms with E-state index < -0.39 is 10.0 Å². The molecule has 32 heavy (non-hydrogen) atoms. The van der Waals surface area contributed by atoms with Crippen LogP contribution >= 0.6 is 0 Å². The van der Waals surface area contributed by atoms with Gasteiger partial charge in [-0.05, 0) is 50.6 Å². The minimum Gasteiger partial charge on any atom is -0.497 e. The first-order valence-electron chi connectivity index (χ1n) is 11.1. The fraction of sp³-hybridized carbons (Fsp3) is 0.500. The molecule has 0 atom stereocenters. The number of piperazine rings is 1. The van der Waals surface area contributed by atoms with Crippen LogP contribution in [0.15, 0.2) is 42.5 Å². The third-order valence-corrected chi connectivity index (χ3v) is 7.89. The van der Waals surface area contributed by atoms with Gasteiger partial charge in [0.1, 0.15) is 11.4 Å². The van der Waals surface area contributed by atoms with Gasteiger partial charge in [0.25, 0.3) is 0 Å². The van der Waals surface area contributed by atoms with Gasteiger partial charge < -0.3 is 19.1 Å². The second-order valence-corrected chi connectivity index (χ2v) is 11.0. The Morgan fingerprint density at radius 3 is 2.44 bits per heavy atom. The number of para-hydroxylation sites is 1. The summed E-state index contributed by atoms with van der Waals surface area (Å²) in [7, 11) is -1.67. The first-order valence-corrected chi connectivity index (χ1v) is 12.7. The van der Waals surface area contributed by atoms with Crippen LogP contribution in [0.1, 0.15) is 25.8 Å². The van der Waals surface area contributed by atoms with Gasteiger partial charge in [-0.15, -0.1) is 0 Å². The van der Waals surface area contributed by atoms with E-state index in [1.54, 1.807) is 11.4 Å². The zero-order valence-electron chi connectivity index (χ0n) is 19.0. The van der Waals surface area contributed by atoms with Gasteiger partial charge in [-0.25, -0.2) is 8.42 Å². The molecule has 7 nitrogen and oxygen atoms in total. The monoisotopic (exact) mass is 460 g/mol. The minimum atomic E-state index is -3.31. The summed E-state index contributed by atoms with van der Waals surface area (Å²) in [6.45, 7) is 6.77. The molecule has 0 saturated carbocycles. The third-order valence-electron chi connectivity index (χ3n) is 5.93. The highest BCUT2D eigenvalue weighted by Crippen LogP contribution is 2.41. The van der Waals surface area contributed by atoms with E-state index in [9.17, 15) is 8.42 Å². The van der Waals surface area contributed by atoms with Crippen molar-refractivity contribution in [1.29, 1.82) is 0 Å². The maximum Gasteiger partial charge on any atom is 0.214 e. The van der Waals surface area contributed by atoms with Crippen LogP contribution in [-0.4, -0.2) is 64.0 Å². The van der Waals surface area contributed by atoms with Crippen LogP contribution in [0.25, 0.3) is 0 Å². The molecule has 0 radical (unpaired) electrons. The molecule has 174 valence electrons.